The van der Waals surface area contributed by atoms with E-state index >= 15 is 0 Å². The van der Waals surface area contributed by atoms with Gasteiger partial charge in [0.15, 0.2) is 0 Å². The van der Waals surface area contributed by atoms with Crippen LogP contribution in [0.1, 0.15) is 30.0 Å². The fraction of sp³-hybridized carbons (Fsp3) is 0.625. The molecule has 136 valence electrons. The summed E-state index contributed by atoms with van der Waals surface area (Å²) in [5, 5.41) is 0. The number of sulfonamides is 2. The third-order valence-corrected chi connectivity index (χ3v) is 8.50. The van der Waals surface area contributed by atoms with Crippen LogP contribution in [0.25, 0.3) is 0 Å². The van der Waals surface area contributed by atoms with Crippen molar-refractivity contribution in [2.75, 3.05) is 31.9 Å². The van der Waals surface area contributed by atoms with E-state index in [-0.39, 0.29) is 18.8 Å². The Morgan fingerprint density at radius 1 is 0.833 bits per heavy atom. The molecule has 0 radical (unpaired) electrons. The number of benzene rings is 1. The molecule has 0 unspecified atom stereocenters. The Bertz CT molecular complexity index is 817. The van der Waals surface area contributed by atoms with Crippen LogP contribution in [0, 0.1) is 20.8 Å². The van der Waals surface area contributed by atoms with Crippen molar-refractivity contribution in [2.45, 2.75) is 39.0 Å². The van der Waals surface area contributed by atoms with Gasteiger partial charge in [0.05, 0.1) is 10.6 Å². The second-order valence-corrected chi connectivity index (χ2v) is 10.4. The van der Waals surface area contributed by atoms with E-state index < -0.39 is 20.0 Å². The Balaban J connectivity index is 2.30. The summed E-state index contributed by atoms with van der Waals surface area (Å²) in [7, 11) is -6.91. The molecule has 6 nitrogen and oxygen atoms in total. The van der Waals surface area contributed by atoms with Crippen molar-refractivity contribution in [1.82, 2.24) is 8.61 Å². The Labute approximate surface area is 145 Å². The molecule has 1 saturated heterocycles. The molecule has 0 aliphatic carbocycles. The summed E-state index contributed by atoms with van der Waals surface area (Å²) in [6.45, 7) is 8.36. The Kier molecular flexibility index (Phi) is 5.74. The predicted octanol–water partition coefficient (Wildman–Crippen LogP) is 1.66. The van der Waals surface area contributed by atoms with E-state index in [4.69, 9.17) is 0 Å². The minimum Gasteiger partial charge on any atom is -0.212 e. The predicted molar refractivity (Wildman–Crippen MR) is 95.1 cm³/mol. The summed E-state index contributed by atoms with van der Waals surface area (Å²) in [4.78, 5) is 0.317. The molecule has 1 aliphatic rings. The van der Waals surface area contributed by atoms with E-state index in [1.54, 1.807) is 19.9 Å². The number of nitrogens with zero attached hydrogens (tertiary/aromatic N) is 2. The van der Waals surface area contributed by atoms with Crippen LogP contribution in [0.2, 0.25) is 0 Å². The fourth-order valence-corrected chi connectivity index (χ4v) is 5.82. The molecule has 8 heteroatoms. The minimum atomic E-state index is -3.62. The van der Waals surface area contributed by atoms with Crippen molar-refractivity contribution in [3.63, 3.8) is 0 Å². The van der Waals surface area contributed by atoms with Gasteiger partial charge in [-0.05, 0) is 56.9 Å². The van der Waals surface area contributed by atoms with Gasteiger partial charge >= 0.3 is 0 Å². The molecule has 1 fully saturated rings. The first kappa shape index (κ1) is 19.4. The van der Waals surface area contributed by atoms with Crippen LogP contribution in [0.5, 0.6) is 0 Å². The van der Waals surface area contributed by atoms with Crippen molar-refractivity contribution in [1.29, 1.82) is 0 Å². The van der Waals surface area contributed by atoms with Gasteiger partial charge < -0.3 is 0 Å². The van der Waals surface area contributed by atoms with Gasteiger partial charge in [-0.2, -0.15) is 4.31 Å². The molecular weight excluding hydrogens is 348 g/mol. The van der Waals surface area contributed by atoms with E-state index in [1.807, 2.05) is 19.9 Å². The smallest absolute Gasteiger partial charge is 0.212 e. The number of hydrogen-bond acceptors (Lipinski definition) is 4. The molecular formula is C16H26N2O4S2. The molecule has 0 spiro atoms. The molecule has 0 saturated carbocycles. The third-order valence-electron chi connectivity index (χ3n) is 4.58. The summed E-state index contributed by atoms with van der Waals surface area (Å²) in [5.41, 5.74) is 2.71. The highest BCUT2D eigenvalue weighted by Crippen LogP contribution is 2.24. The third kappa shape index (κ3) is 3.82. The van der Waals surface area contributed by atoms with Crippen LogP contribution in [0.3, 0.4) is 0 Å². The first-order valence-electron chi connectivity index (χ1n) is 8.15. The maximum Gasteiger partial charge on any atom is 0.243 e. The van der Waals surface area contributed by atoms with E-state index in [2.05, 4.69) is 0 Å². The maximum absolute atomic E-state index is 13.0. The van der Waals surface area contributed by atoms with E-state index in [9.17, 15) is 16.8 Å². The normalized spacial score (nSPS) is 18.5. The molecule has 0 bridgehead atoms. The standard InChI is InChI=1S/C16H26N2O4S2/c1-5-23(19,20)17-7-6-8-18(10-9-17)24(21,22)16-12-14(3)13(2)11-15(16)4/h11-12H,5-10H2,1-4H3. The van der Waals surface area contributed by atoms with Crippen molar-refractivity contribution in [3.05, 3.63) is 28.8 Å². The molecule has 1 aliphatic heterocycles. The van der Waals surface area contributed by atoms with Gasteiger partial charge in [-0.1, -0.05) is 6.07 Å². The lowest BCUT2D eigenvalue weighted by molar-refractivity contribution is 0.405. The average Bonchev–Trinajstić information content (AvgIpc) is 2.77. The van der Waals surface area contributed by atoms with Crippen LogP contribution in [-0.2, 0) is 20.0 Å². The van der Waals surface area contributed by atoms with Crippen LogP contribution in [0.4, 0.5) is 0 Å². The molecule has 1 heterocycles. The molecule has 1 aromatic rings. The molecule has 1 aromatic carbocycles. The van der Waals surface area contributed by atoms with E-state index in [0.717, 1.165) is 16.7 Å². The largest absolute Gasteiger partial charge is 0.243 e. The Morgan fingerprint density at radius 3 is 2.00 bits per heavy atom. The second kappa shape index (κ2) is 7.11. The Morgan fingerprint density at radius 2 is 1.38 bits per heavy atom. The topological polar surface area (TPSA) is 74.8 Å². The quantitative estimate of drug-likeness (QED) is 0.803. The summed E-state index contributed by atoms with van der Waals surface area (Å²) < 4.78 is 52.9. The Hall–Kier alpha value is -0.960. The highest BCUT2D eigenvalue weighted by molar-refractivity contribution is 7.89. The fourth-order valence-electron chi connectivity index (χ4n) is 2.92. The van der Waals surface area contributed by atoms with Crippen LogP contribution >= 0.6 is 0 Å². The SMILES string of the molecule is CCS(=O)(=O)N1CCCN(S(=O)(=O)c2cc(C)c(C)cc2C)CC1. The second-order valence-electron chi connectivity index (χ2n) is 6.26. The van der Waals surface area contributed by atoms with Gasteiger partial charge in [0.2, 0.25) is 20.0 Å². The van der Waals surface area contributed by atoms with Crippen LogP contribution < -0.4 is 0 Å². The maximum atomic E-state index is 13.0. The number of aryl methyl sites for hydroxylation is 3. The highest BCUT2D eigenvalue weighted by Gasteiger charge is 2.31. The highest BCUT2D eigenvalue weighted by atomic mass is 32.2. The van der Waals surface area contributed by atoms with Gasteiger partial charge in [-0.3, -0.25) is 0 Å². The zero-order valence-electron chi connectivity index (χ0n) is 14.7. The zero-order valence-corrected chi connectivity index (χ0v) is 16.4. The lowest BCUT2D eigenvalue weighted by Gasteiger charge is -2.22. The summed E-state index contributed by atoms with van der Waals surface area (Å²) in [6.07, 6.45) is 0.502. The molecule has 24 heavy (non-hydrogen) atoms. The molecule has 0 aromatic heterocycles. The van der Waals surface area contributed by atoms with E-state index in [1.165, 1.54) is 8.61 Å². The van der Waals surface area contributed by atoms with Gasteiger partial charge in [0, 0.05) is 26.2 Å². The summed E-state index contributed by atoms with van der Waals surface area (Å²) in [6, 6.07) is 3.60. The zero-order chi connectivity index (χ0) is 18.1. The van der Waals surface area contributed by atoms with Crippen molar-refractivity contribution in [2.24, 2.45) is 0 Å². The monoisotopic (exact) mass is 374 g/mol. The van der Waals surface area contributed by atoms with E-state index in [0.29, 0.717) is 24.4 Å². The van der Waals surface area contributed by atoms with Crippen molar-refractivity contribution >= 4 is 20.0 Å². The summed E-state index contributed by atoms with van der Waals surface area (Å²) >= 11 is 0. The average molecular weight is 375 g/mol. The van der Waals surface area contributed by atoms with Crippen LogP contribution in [-0.4, -0.2) is 57.4 Å². The van der Waals surface area contributed by atoms with Crippen LogP contribution in [0.15, 0.2) is 17.0 Å². The first-order valence-corrected chi connectivity index (χ1v) is 11.2. The van der Waals surface area contributed by atoms with Gasteiger partial charge in [0.25, 0.3) is 0 Å². The first-order chi connectivity index (χ1) is 11.1. The lowest BCUT2D eigenvalue weighted by atomic mass is 10.1. The van der Waals surface area contributed by atoms with Gasteiger partial charge in [-0.15, -0.1) is 0 Å². The minimum absolute atomic E-state index is 0.0377. The molecule has 0 N–H and O–H groups in total. The molecule has 0 atom stereocenters. The number of hydrogen-bond donors (Lipinski definition) is 0. The van der Waals surface area contributed by atoms with Crippen molar-refractivity contribution in [3.8, 4) is 0 Å². The molecule has 2 rings (SSSR count). The number of rotatable bonds is 4. The van der Waals surface area contributed by atoms with Gasteiger partial charge in [0.1, 0.15) is 0 Å². The lowest BCUT2D eigenvalue weighted by Crippen LogP contribution is -2.38. The van der Waals surface area contributed by atoms with Gasteiger partial charge in [-0.25, -0.2) is 21.1 Å². The van der Waals surface area contributed by atoms with Crippen molar-refractivity contribution < 1.29 is 16.8 Å². The molecule has 0 amide bonds. The summed E-state index contributed by atoms with van der Waals surface area (Å²) in [5.74, 6) is 0.0377.